The fraction of sp³-hybridized carbons (Fsp3) is 0.250. The Hall–Kier alpha value is -0.970. The number of aryl methyl sites for hydroxylation is 1. The van der Waals surface area contributed by atoms with Crippen molar-refractivity contribution < 1.29 is 4.74 Å². The number of ether oxygens (including phenoxy) is 1. The molecule has 1 atom stereocenters. The molecule has 2 nitrogen and oxygen atoms in total. The predicted molar refractivity (Wildman–Crippen MR) is 89.7 cm³/mol. The van der Waals surface area contributed by atoms with Crippen LogP contribution in [0, 0.1) is 6.92 Å². The Morgan fingerprint density at radius 2 is 1.85 bits per heavy atom. The van der Waals surface area contributed by atoms with E-state index in [1.54, 1.807) is 18.9 Å². The highest BCUT2D eigenvalue weighted by Crippen LogP contribution is 2.33. The summed E-state index contributed by atoms with van der Waals surface area (Å²) in [6.07, 6.45) is 2.06. The summed E-state index contributed by atoms with van der Waals surface area (Å²) in [6, 6.07) is 12.2. The van der Waals surface area contributed by atoms with Gasteiger partial charge in [0.2, 0.25) is 0 Å². The van der Waals surface area contributed by atoms with Crippen LogP contribution < -0.4 is 10.5 Å². The molecule has 0 saturated heterocycles. The van der Waals surface area contributed by atoms with Gasteiger partial charge in [-0.15, -0.1) is 11.8 Å². The second-order valence-electron chi connectivity index (χ2n) is 4.59. The van der Waals surface area contributed by atoms with E-state index < -0.39 is 0 Å². The van der Waals surface area contributed by atoms with Gasteiger partial charge in [-0.3, -0.25) is 0 Å². The first-order chi connectivity index (χ1) is 9.56. The molecule has 0 heterocycles. The van der Waals surface area contributed by atoms with Crippen molar-refractivity contribution in [3.8, 4) is 5.75 Å². The molecule has 0 aliphatic carbocycles. The minimum atomic E-state index is -0.197. The number of halogens is 1. The van der Waals surface area contributed by atoms with Gasteiger partial charge in [0.1, 0.15) is 5.75 Å². The molecule has 106 valence electrons. The van der Waals surface area contributed by atoms with Gasteiger partial charge in [0.25, 0.3) is 0 Å². The van der Waals surface area contributed by atoms with Gasteiger partial charge in [-0.1, -0.05) is 28.1 Å². The number of nitrogens with two attached hydrogens (primary N) is 1. The first-order valence-electron chi connectivity index (χ1n) is 6.30. The van der Waals surface area contributed by atoms with E-state index >= 15 is 0 Å². The minimum absolute atomic E-state index is 0.197. The van der Waals surface area contributed by atoms with Gasteiger partial charge in [-0.05, 0) is 48.6 Å². The smallest absolute Gasteiger partial charge is 0.124 e. The van der Waals surface area contributed by atoms with Gasteiger partial charge in [0, 0.05) is 14.9 Å². The van der Waals surface area contributed by atoms with E-state index in [-0.39, 0.29) is 6.04 Å². The second-order valence-corrected chi connectivity index (χ2v) is 6.33. The van der Waals surface area contributed by atoms with Gasteiger partial charge in [0.15, 0.2) is 0 Å². The van der Waals surface area contributed by atoms with Crippen LogP contribution in [0.25, 0.3) is 0 Å². The molecule has 0 fully saturated rings. The van der Waals surface area contributed by atoms with Crippen molar-refractivity contribution in [1.29, 1.82) is 0 Å². The maximum Gasteiger partial charge on any atom is 0.124 e. The molecule has 20 heavy (non-hydrogen) atoms. The SMILES string of the molecule is COc1cc(C)c(Br)cc1C(N)c1ccc(SC)cc1. The molecule has 0 aliphatic heterocycles. The number of methoxy groups -OCH3 is 1. The van der Waals surface area contributed by atoms with E-state index in [1.807, 2.05) is 19.1 Å². The summed E-state index contributed by atoms with van der Waals surface area (Å²) in [5.41, 5.74) is 9.60. The maximum absolute atomic E-state index is 6.40. The van der Waals surface area contributed by atoms with Crippen LogP contribution in [-0.2, 0) is 0 Å². The van der Waals surface area contributed by atoms with Crippen molar-refractivity contribution in [2.45, 2.75) is 17.9 Å². The van der Waals surface area contributed by atoms with E-state index in [2.05, 4.69) is 46.5 Å². The van der Waals surface area contributed by atoms with E-state index in [0.29, 0.717) is 0 Å². The lowest BCUT2D eigenvalue weighted by Crippen LogP contribution is -2.13. The number of benzene rings is 2. The third-order valence-electron chi connectivity index (χ3n) is 3.32. The number of hydrogen-bond donors (Lipinski definition) is 1. The van der Waals surface area contributed by atoms with Gasteiger partial charge >= 0.3 is 0 Å². The van der Waals surface area contributed by atoms with Crippen molar-refractivity contribution in [2.75, 3.05) is 13.4 Å². The Balaban J connectivity index is 2.41. The lowest BCUT2D eigenvalue weighted by molar-refractivity contribution is 0.407. The molecule has 2 N–H and O–H groups in total. The van der Waals surface area contributed by atoms with Gasteiger partial charge in [-0.2, -0.15) is 0 Å². The van der Waals surface area contributed by atoms with Crippen LogP contribution in [0.5, 0.6) is 5.75 Å². The number of rotatable bonds is 4. The first-order valence-corrected chi connectivity index (χ1v) is 8.32. The molecule has 4 heteroatoms. The van der Waals surface area contributed by atoms with Crippen molar-refractivity contribution in [1.82, 2.24) is 0 Å². The van der Waals surface area contributed by atoms with E-state index in [9.17, 15) is 0 Å². The van der Waals surface area contributed by atoms with E-state index in [0.717, 1.165) is 26.9 Å². The van der Waals surface area contributed by atoms with Crippen LogP contribution in [0.2, 0.25) is 0 Å². The molecule has 0 aromatic heterocycles. The van der Waals surface area contributed by atoms with Crippen LogP contribution in [0.4, 0.5) is 0 Å². The van der Waals surface area contributed by atoms with Crippen LogP contribution in [0.3, 0.4) is 0 Å². The molecular formula is C16H18BrNOS. The van der Waals surface area contributed by atoms with Crippen LogP contribution in [-0.4, -0.2) is 13.4 Å². The summed E-state index contributed by atoms with van der Waals surface area (Å²) >= 11 is 5.28. The molecule has 2 aromatic carbocycles. The summed E-state index contributed by atoms with van der Waals surface area (Å²) in [4.78, 5) is 1.23. The van der Waals surface area contributed by atoms with E-state index in [4.69, 9.17) is 10.5 Å². The highest BCUT2D eigenvalue weighted by atomic mass is 79.9. The molecule has 0 amide bonds. The summed E-state index contributed by atoms with van der Waals surface area (Å²) in [6.45, 7) is 2.04. The molecule has 1 unspecified atom stereocenters. The Bertz CT molecular complexity index is 598. The highest BCUT2D eigenvalue weighted by Gasteiger charge is 2.15. The molecular weight excluding hydrogens is 334 g/mol. The third-order valence-corrected chi connectivity index (χ3v) is 4.92. The van der Waals surface area contributed by atoms with Gasteiger partial charge < -0.3 is 10.5 Å². The number of hydrogen-bond acceptors (Lipinski definition) is 3. The monoisotopic (exact) mass is 351 g/mol. The zero-order valence-electron chi connectivity index (χ0n) is 11.8. The topological polar surface area (TPSA) is 35.2 Å². The lowest BCUT2D eigenvalue weighted by atomic mass is 9.98. The van der Waals surface area contributed by atoms with E-state index in [1.165, 1.54) is 4.90 Å². The quantitative estimate of drug-likeness (QED) is 0.821. The normalized spacial score (nSPS) is 12.2. The third kappa shape index (κ3) is 3.19. The minimum Gasteiger partial charge on any atom is -0.496 e. The zero-order valence-corrected chi connectivity index (χ0v) is 14.2. The number of thioether (sulfide) groups is 1. The van der Waals surface area contributed by atoms with Crippen LogP contribution >= 0.6 is 27.7 Å². The Labute approximate surface area is 132 Å². The maximum atomic E-state index is 6.40. The van der Waals surface area contributed by atoms with Crippen LogP contribution in [0.1, 0.15) is 22.7 Å². The highest BCUT2D eigenvalue weighted by molar-refractivity contribution is 9.10. The molecule has 0 saturated carbocycles. The first kappa shape index (κ1) is 15.4. The van der Waals surface area contributed by atoms with Crippen molar-refractivity contribution in [2.24, 2.45) is 5.73 Å². The van der Waals surface area contributed by atoms with Gasteiger partial charge in [-0.25, -0.2) is 0 Å². The summed E-state index contributed by atoms with van der Waals surface area (Å²) < 4.78 is 6.51. The Kier molecular flexibility index (Phi) is 5.13. The fourth-order valence-electron chi connectivity index (χ4n) is 2.08. The van der Waals surface area contributed by atoms with Crippen molar-refractivity contribution in [3.63, 3.8) is 0 Å². The average Bonchev–Trinajstić information content (AvgIpc) is 2.49. The lowest BCUT2D eigenvalue weighted by Gasteiger charge is -2.18. The standard InChI is InChI=1S/C16H18BrNOS/c1-10-8-15(19-2)13(9-14(10)17)16(18)11-4-6-12(20-3)7-5-11/h4-9,16H,18H2,1-3H3. The average molecular weight is 352 g/mol. The van der Waals surface area contributed by atoms with Crippen molar-refractivity contribution >= 4 is 27.7 Å². The molecule has 0 bridgehead atoms. The Morgan fingerprint density at radius 1 is 1.20 bits per heavy atom. The second kappa shape index (κ2) is 6.66. The fourth-order valence-corrected chi connectivity index (χ4v) is 2.85. The summed E-state index contributed by atoms with van der Waals surface area (Å²) in [5, 5.41) is 0. The zero-order chi connectivity index (χ0) is 14.7. The van der Waals surface area contributed by atoms with Crippen LogP contribution in [0.15, 0.2) is 45.8 Å². The largest absolute Gasteiger partial charge is 0.496 e. The van der Waals surface area contributed by atoms with Gasteiger partial charge in [0.05, 0.1) is 13.2 Å². The summed E-state index contributed by atoms with van der Waals surface area (Å²) in [5.74, 6) is 0.826. The van der Waals surface area contributed by atoms with Crippen molar-refractivity contribution in [3.05, 3.63) is 57.6 Å². The molecule has 2 aromatic rings. The molecule has 0 aliphatic rings. The Morgan fingerprint density at radius 3 is 2.40 bits per heavy atom. The molecule has 2 rings (SSSR count). The molecule has 0 radical (unpaired) electrons. The summed E-state index contributed by atoms with van der Waals surface area (Å²) in [7, 11) is 1.68. The predicted octanol–water partition coefficient (Wildman–Crippen LogP) is 4.54. The molecule has 0 spiro atoms.